The van der Waals surface area contributed by atoms with E-state index in [-0.39, 0.29) is 0 Å². The molecule has 0 atom stereocenters. The Bertz CT molecular complexity index is 790. The van der Waals surface area contributed by atoms with Crippen molar-refractivity contribution in [2.75, 3.05) is 7.11 Å². The van der Waals surface area contributed by atoms with Crippen molar-refractivity contribution in [1.29, 1.82) is 0 Å². The number of hydrogen-bond acceptors (Lipinski definition) is 1. The molecule has 1 aromatic heterocycles. The predicted octanol–water partition coefficient (Wildman–Crippen LogP) is 5.38. The summed E-state index contributed by atoms with van der Waals surface area (Å²) in [5, 5.41) is 0. The van der Waals surface area contributed by atoms with Crippen LogP contribution >= 0.6 is 0 Å². The van der Waals surface area contributed by atoms with Crippen molar-refractivity contribution in [2.24, 2.45) is 0 Å². The van der Waals surface area contributed by atoms with Gasteiger partial charge in [-0.15, -0.1) is 0 Å². The zero-order valence-electron chi connectivity index (χ0n) is 12.3. The molecule has 118 valence electrons. The Hall–Kier alpha value is -2.69. The first-order valence-electron chi connectivity index (χ1n) is 6.98. The van der Waals surface area contributed by atoms with Gasteiger partial charge in [-0.25, -0.2) is 0 Å². The second-order valence-electron chi connectivity index (χ2n) is 5.07. The highest BCUT2D eigenvalue weighted by Crippen LogP contribution is 2.35. The fourth-order valence-electron chi connectivity index (χ4n) is 2.44. The summed E-state index contributed by atoms with van der Waals surface area (Å²) in [7, 11) is 1.57. The first-order chi connectivity index (χ1) is 11.0. The van der Waals surface area contributed by atoms with Crippen LogP contribution in [0, 0.1) is 0 Å². The molecule has 0 saturated carbocycles. The van der Waals surface area contributed by atoms with E-state index in [4.69, 9.17) is 4.74 Å². The maximum atomic E-state index is 12.6. The Morgan fingerprint density at radius 1 is 0.913 bits per heavy atom. The van der Waals surface area contributed by atoms with E-state index in [0.717, 1.165) is 29.0 Å². The van der Waals surface area contributed by atoms with Gasteiger partial charge in [-0.2, -0.15) is 13.2 Å². The molecule has 2 aromatic carbocycles. The van der Waals surface area contributed by atoms with Gasteiger partial charge in [0.15, 0.2) is 0 Å². The molecule has 0 amide bonds. The van der Waals surface area contributed by atoms with Crippen molar-refractivity contribution >= 4 is 0 Å². The standard InChI is InChI=1S/C18H14F3NO/c1-23-17-11-13(6-9-15(17)16-3-2-10-22-16)12-4-7-14(8-5-12)18(19,20)21/h2-11,22H,1H3. The number of benzene rings is 2. The van der Waals surface area contributed by atoms with E-state index in [0.29, 0.717) is 11.3 Å². The highest BCUT2D eigenvalue weighted by Gasteiger charge is 2.29. The van der Waals surface area contributed by atoms with Gasteiger partial charge in [-0.1, -0.05) is 18.2 Å². The molecule has 1 heterocycles. The molecule has 1 N–H and O–H groups in total. The lowest BCUT2D eigenvalue weighted by Gasteiger charge is -2.11. The number of aromatic nitrogens is 1. The lowest BCUT2D eigenvalue weighted by molar-refractivity contribution is -0.137. The molecule has 3 rings (SSSR count). The lowest BCUT2D eigenvalue weighted by atomic mass is 10.0. The summed E-state index contributed by atoms with van der Waals surface area (Å²) in [6, 6.07) is 14.5. The Labute approximate surface area is 131 Å². The third-order valence-corrected chi connectivity index (χ3v) is 3.64. The Morgan fingerprint density at radius 3 is 2.17 bits per heavy atom. The number of alkyl halides is 3. The molecular formula is C18H14F3NO. The van der Waals surface area contributed by atoms with Crippen LogP contribution in [-0.2, 0) is 6.18 Å². The van der Waals surface area contributed by atoms with Gasteiger partial charge in [-0.05, 0) is 47.5 Å². The molecule has 0 unspecified atom stereocenters. The van der Waals surface area contributed by atoms with Crippen LogP contribution in [0.3, 0.4) is 0 Å². The maximum absolute atomic E-state index is 12.6. The highest BCUT2D eigenvalue weighted by molar-refractivity contribution is 5.74. The van der Waals surface area contributed by atoms with Gasteiger partial charge in [0.25, 0.3) is 0 Å². The fourth-order valence-corrected chi connectivity index (χ4v) is 2.44. The topological polar surface area (TPSA) is 25.0 Å². The maximum Gasteiger partial charge on any atom is 0.416 e. The van der Waals surface area contributed by atoms with Gasteiger partial charge in [0.05, 0.1) is 12.7 Å². The van der Waals surface area contributed by atoms with Crippen LogP contribution in [0.2, 0.25) is 0 Å². The average molecular weight is 317 g/mol. The van der Waals surface area contributed by atoms with E-state index in [2.05, 4.69) is 4.98 Å². The second-order valence-corrected chi connectivity index (χ2v) is 5.07. The molecule has 5 heteroatoms. The molecule has 0 bridgehead atoms. The molecule has 2 nitrogen and oxygen atoms in total. The summed E-state index contributed by atoms with van der Waals surface area (Å²) >= 11 is 0. The molecule has 23 heavy (non-hydrogen) atoms. The van der Waals surface area contributed by atoms with Gasteiger partial charge in [0, 0.05) is 17.5 Å². The number of methoxy groups -OCH3 is 1. The number of ether oxygens (including phenoxy) is 1. The number of nitrogens with one attached hydrogen (secondary N) is 1. The van der Waals surface area contributed by atoms with Crippen LogP contribution in [0.15, 0.2) is 60.8 Å². The SMILES string of the molecule is COc1cc(-c2ccc(C(F)(F)F)cc2)ccc1-c1ccc[nH]1. The van der Waals surface area contributed by atoms with Crippen LogP contribution in [0.1, 0.15) is 5.56 Å². The zero-order valence-corrected chi connectivity index (χ0v) is 12.3. The second kappa shape index (κ2) is 5.83. The van der Waals surface area contributed by atoms with Crippen LogP contribution in [-0.4, -0.2) is 12.1 Å². The van der Waals surface area contributed by atoms with Crippen molar-refractivity contribution in [3.8, 4) is 28.1 Å². The van der Waals surface area contributed by atoms with Crippen LogP contribution in [0.25, 0.3) is 22.4 Å². The van der Waals surface area contributed by atoms with E-state index in [1.807, 2.05) is 36.5 Å². The number of rotatable bonds is 3. The molecular weight excluding hydrogens is 303 g/mol. The smallest absolute Gasteiger partial charge is 0.416 e. The predicted molar refractivity (Wildman–Crippen MR) is 83.2 cm³/mol. The Kier molecular flexibility index (Phi) is 3.86. The normalized spacial score (nSPS) is 11.5. The molecule has 0 aliphatic heterocycles. The lowest BCUT2D eigenvalue weighted by Crippen LogP contribution is -2.03. The third-order valence-electron chi connectivity index (χ3n) is 3.64. The van der Waals surface area contributed by atoms with E-state index < -0.39 is 11.7 Å². The van der Waals surface area contributed by atoms with E-state index >= 15 is 0 Å². The van der Waals surface area contributed by atoms with Gasteiger partial charge in [-0.3, -0.25) is 0 Å². The Morgan fingerprint density at radius 2 is 1.61 bits per heavy atom. The summed E-state index contributed by atoms with van der Waals surface area (Å²) < 4.78 is 43.3. The minimum Gasteiger partial charge on any atom is -0.496 e. The molecule has 0 fully saturated rings. The first-order valence-corrected chi connectivity index (χ1v) is 6.98. The van der Waals surface area contributed by atoms with Gasteiger partial charge in [0.1, 0.15) is 5.75 Å². The van der Waals surface area contributed by atoms with E-state index in [1.54, 1.807) is 7.11 Å². The van der Waals surface area contributed by atoms with Crippen molar-refractivity contribution in [2.45, 2.75) is 6.18 Å². The van der Waals surface area contributed by atoms with Crippen molar-refractivity contribution in [3.05, 3.63) is 66.4 Å². The summed E-state index contributed by atoms with van der Waals surface area (Å²) in [6.45, 7) is 0. The largest absolute Gasteiger partial charge is 0.496 e. The minimum atomic E-state index is -4.33. The van der Waals surface area contributed by atoms with Gasteiger partial charge < -0.3 is 9.72 Å². The number of hydrogen-bond donors (Lipinski definition) is 1. The van der Waals surface area contributed by atoms with Crippen molar-refractivity contribution in [3.63, 3.8) is 0 Å². The average Bonchev–Trinajstić information content (AvgIpc) is 3.08. The minimum absolute atomic E-state index is 0.656. The molecule has 0 aliphatic carbocycles. The summed E-state index contributed by atoms with van der Waals surface area (Å²) in [6.07, 6.45) is -2.51. The van der Waals surface area contributed by atoms with Crippen LogP contribution in [0.4, 0.5) is 13.2 Å². The fraction of sp³-hybridized carbons (Fsp3) is 0.111. The Balaban J connectivity index is 1.98. The quantitative estimate of drug-likeness (QED) is 0.689. The summed E-state index contributed by atoms with van der Waals surface area (Å²) in [4.78, 5) is 3.11. The summed E-state index contributed by atoms with van der Waals surface area (Å²) in [5.41, 5.74) is 2.66. The van der Waals surface area contributed by atoms with Gasteiger partial charge in [0.2, 0.25) is 0 Å². The monoisotopic (exact) mass is 317 g/mol. The molecule has 0 spiro atoms. The highest BCUT2D eigenvalue weighted by atomic mass is 19.4. The first kappa shape index (κ1) is 15.2. The van der Waals surface area contributed by atoms with Crippen LogP contribution in [0.5, 0.6) is 5.75 Å². The molecule has 0 aliphatic rings. The number of H-pyrrole nitrogens is 1. The van der Waals surface area contributed by atoms with Crippen molar-refractivity contribution in [1.82, 2.24) is 4.98 Å². The molecule has 0 radical (unpaired) electrons. The van der Waals surface area contributed by atoms with Crippen molar-refractivity contribution < 1.29 is 17.9 Å². The van der Waals surface area contributed by atoms with E-state index in [9.17, 15) is 13.2 Å². The van der Waals surface area contributed by atoms with Crippen LogP contribution < -0.4 is 4.74 Å². The molecule has 0 saturated heterocycles. The number of halogens is 3. The van der Waals surface area contributed by atoms with Gasteiger partial charge >= 0.3 is 6.18 Å². The van der Waals surface area contributed by atoms with E-state index in [1.165, 1.54) is 12.1 Å². The molecule has 3 aromatic rings. The zero-order chi connectivity index (χ0) is 16.4. The number of aromatic amines is 1. The third kappa shape index (κ3) is 3.08. The summed E-state index contributed by atoms with van der Waals surface area (Å²) in [5.74, 6) is 0.657.